The summed E-state index contributed by atoms with van der Waals surface area (Å²) in [7, 11) is 0. The number of rotatable bonds is 6. The van der Waals surface area contributed by atoms with E-state index in [9.17, 15) is 0 Å². The Kier molecular flexibility index (Phi) is 5.19. The Balaban J connectivity index is 2.42. The summed E-state index contributed by atoms with van der Waals surface area (Å²) < 4.78 is 5.76. The molecule has 2 N–H and O–H groups in total. The molecular weight excluding hydrogens is 186 g/mol. The van der Waals surface area contributed by atoms with Crippen LogP contribution in [0.5, 0.6) is 5.75 Å². The Morgan fingerprint density at radius 3 is 2.47 bits per heavy atom. The van der Waals surface area contributed by atoms with Gasteiger partial charge in [0, 0.05) is 0 Å². The van der Waals surface area contributed by atoms with Crippen molar-refractivity contribution in [1.82, 2.24) is 0 Å². The van der Waals surface area contributed by atoms with E-state index in [1.54, 1.807) is 0 Å². The van der Waals surface area contributed by atoms with E-state index in [-0.39, 0.29) is 6.10 Å². The second-order valence-corrected chi connectivity index (χ2v) is 3.86. The van der Waals surface area contributed by atoms with Crippen molar-refractivity contribution < 1.29 is 4.74 Å². The smallest absolute Gasteiger partial charge is 0.119 e. The Hall–Kier alpha value is -1.02. The molecule has 0 aromatic heterocycles. The Morgan fingerprint density at radius 1 is 1.27 bits per heavy atom. The van der Waals surface area contributed by atoms with Crippen molar-refractivity contribution in [3.8, 4) is 5.75 Å². The van der Waals surface area contributed by atoms with Gasteiger partial charge in [-0.25, -0.2) is 0 Å². The van der Waals surface area contributed by atoms with Crippen LogP contribution in [0.25, 0.3) is 0 Å². The van der Waals surface area contributed by atoms with Crippen molar-refractivity contribution in [2.45, 2.75) is 39.2 Å². The molecule has 0 radical (unpaired) electrons. The molecule has 0 saturated carbocycles. The lowest BCUT2D eigenvalue weighted by Gasteiger charge is -2.14. The van der Waals surface area contributed by atoms with Gasteiger partial charge in [0.2, 0.25) is 0 Å². The lowest BCUT2D eigenvalue weighted by Crippen LogP contribution is -2.13. The van der Waals surface area contributed by atoms with Gasteiger partial charge < -0.3 is 10.5 Å². The van der Waals surface area contributed by atoms with Crippen molar-refractivity contribution >= 4 is 0 Å². The molecule has 0 saturated heterocycles. The zero-order valence-electron chi connectivity index (χ0n) is 9.70. The van der Waals surface area contributed by atoms with Crippen LogP contribution < -0.4 is 10.5 Å². The molecule has 0 amide bonds. The molecule has 0 heterocycles. The molecule has 0 fully saturated rings. The largest absolute Gasteiger partial charge is 0.491 e. The van der Waals surface area contributed by atoms with E-state index in [2.05, 4.69) is 26.0 Å². The fourth-order valence-electron chi connectivity index (χ4n) is 1.50. The highest BCUT2D eigenvalue weighted by Crippen LogP contribution is 2.15. The summed E-state index contributed by atoms with van der Waals surface area (Å²) in [4.78, 5) is 0. The second kappa shape index (κ2) is 6.46. The molecule has 84 valence electrons. The van der Waals surface area contributed by atoms with Crippen molar-refractivity contribution in [3.05, 3.63) is 29.8 Å². The molecule has 1 atom stereocenters. The topological polar surface area (TPSA) is 35.2 Å². The molecule has 0 spiro atoms. The number of aryl methyl sites for hydroxylation is 1. The van der Waals surface area contributed by atoms with E-state index >= 15 is 0 Å². The highest BCUT2D eigenvalue weighted by molar-refractivity contribution is 5.27. The lowest BCUT2D eigenvalue weighted by molar-refractivity contribution is 0.208. The third-order valence-corrected chi connectivity index (χ3v) is 2.48. The van der Waals surface area contributed by atoms with Crippen LogP contribution in [0.4, 0.5) is 0 Å². The summed E-state index contributed by atoms with van der Waals surface area (Å²) in [5.41, 5.74) is 6.80. The third kappa shape index (κ3) is 4.34. The maximum absolute atomic E-state index is 5.76. The van der Waals surface area contributed by atoms with Gasteiger partial charge in [-0.05, 0) is 50.4 Å². The van der Waals surface area contributed by atoms with E-state index in [1.807, 2.05) is 12.1 Å². The second-order valence-electron chi connectivity index (χ2n) is 3.86. The van der Waals surface area contributed by atoms with E-state index in [0.717, 1.165) is 31.6 Å². The Labute approximate surface area is 92.4 Å². The molecular formula is C13H21NO. The van der Waals surface area contributed by atoms with Crippen molar-refractivity contribution in [2.75, 3.05) is 6.54 Å². The summed E-state index contributed by atoms with van der Waals surface area (Å²) >= 11 is 0. The minimum atomic E-state index is 0.251. The number of benzene rings is 1. The van der Waals surface area contributed by atoms with Crippen LogP contribution in [0.15, 0.2) is 24.3 Å². The van der Waals surface area contributed by atoms with Gasteiger partial charge in [0.25, 0.3) is 0 Å². The van der Waals surface area contributed by atoms with Gasteiger partial charge in [0.05, 0.1) is 6.10 Å². The first-order valence-corrected chi connectivity index (χ1v) is 5.72. The van der Waals surface area contributed by atoms with E-state index in [4.69, 9.17) is 10.5 Å². The Morgan fingerprint density at radius 2 is 1.93 bits per heavy atom. The number of ether oxygens (including phenoxy) is 1. The van der Waals surface area contributed by atoms with Gasteiger partial charge in [-0.1, -0.05) is 19.1 Å². The lowest BCUT2D eigenvalue weighted by atomic mass is 10.1. The zero-order valence-corrected chi connectivity index (χ0v) is 9.70. The number of hydrogen-bond donors (Lipinski definition) is 1. The predicted molar refractivity (Wildman–Crippen MR) is 64.2 cm³/mol. The number of nitrogens with two attached hydrogens (primary N) is 1. The van der Waals surface area contributed by atoms with Gasteiger partial charge >= 0.3 is 0 Å². The first-order valence-electron chi connectivity index (χ1n) is 5.72. The molecule has 1 aromatic rings. The average molecular weight is 207 g/mol. The molecule has 1 unspecified atom stereocenters. The van der Waals surface area contributed by atoms with Gasteiger partial charge in [-0.15, -0.1) is 0 Å². The first-order chi connectivity index (χ1) is 7.26. The summed E-state index contributed by atoms with van der Waals surface area (Å²) in [6, 6.07) is 8.31. The van der Waals surface area contributed by atoms with Crippen molar-refractivity contribution in [1.29, 1.82) is 0 Å². The van der Waals surface area contributed by atoms with Gasteiger partial charge in [-0.2, -0.15) is 0 Å². The quantitative estimate of drug-likeness (QED) is 0.778. The van der Waals surface area contributed by atoms with Crippen LogP contribution in [0.3, 0.4) is 0 Å². The summed E-state index contributed by atoms with van der Waals surface area (Å²) in [5, 5.41) is 0. The van der Waals surface area contributed by atoms with Gasteiger partial charge in [0.15, 0.2) is 0 Å². The fourth-order valence-corrected chi connectivity index (χ4v) is 1.50. The highest BCUT2D eigenvalue weighted by atomic mass is 16.5. The average Bonchev–Trinajstić information content (AvgIpc) is 2.27. The van der Waals surface area contributed by atoms with Crippen LogP contribution in [-0.2, 0) is 6.42 Å². The molecule has 0 aliphatic heterocycles. The SMILES string of the molecule is CCc1ccc(OC(C)CCCN)cc1. The normalized spacial score (nSPS) is 12.5. The molecule has 0 aliphatic rings. The maximum atomic E-state index is 5.76. The van der Waals surface area contributed by atoms with E-state index < -0.39 is 0 Å². The molecule has 2 heteroatoms. The minimum Gasteiger partial charge on any atom is -0.491 e. The molecule has 0 bridgehead atoms. The van der Waals surface area contributed by atoms with E-state index in [1.165, 1.54) is 5.56 Å². The first kappa shape index (κ1) is 12.1. The van der Waals surface area contributed by atoms with Gasteiger partial charge in [0.1, 0.15) is 5.75 Å². The summed E-state index contributed by atoms with van der Waals surface area (Å²) in [5.74, 6) is 0.955. The molecule has 2 nitrogen and oxygen atoms in total. The van der Waals surface area contributed by atoms with Gasteiger partial charge in [-0.3, -0.25) is 0 Å². The zero-order chi connectivity index (χ0) is 11.1. The fraction of sp³-hybridized carbons (Fsp3) is 0.538. The van der Waals surface area contributed by atoms with Crippen LogP contribution >= 0.6 is 0 Å². The van der Waals surface area contributed by atoms with Crippen molar-refractivity contribution in [3.63, 3.8) is 0 Å². The third-order valence-electron chi connectivity index (χ3n) is 2.48. The molecule has 0 aliphatic carbocycles. The van der Waals surface area contributed by atoms with Crippen LogP contribution in [0.2, 0.25) is 0 Å². The molecule has 15 heavy (non-hydrogen) atoms. The summed E-state index contributed by atoms with van der Waals surface area (Å²) in [6.07, 6.45) is 3.37. The van der Waals surface area contributed by atoms with Crippen LogP contribution in [0.1, 0.15) is 32.3 Å². The molecule has 1 rings (SSSR count). The van der Waals surface area contributed by atoms with Crippen molar-refractivity contribution in [2.24, 2.45) is 5.73 Å². The minimum absolute atomic E-state index is 0.251. The summed E-state index contributed by atoms with van der Waals surface area (Å²) in [6.45, 7) is 4.98. The Bertz CT molecular complexity index is 268. The highest BCUT2D eigenvalue weighted by Gasteiger charge is 2.02. The van der Waals surface area contributed by atoms with Crippen LogP contribution in [-0.4, -0.2) is 12.6 Å². The monoisotopic (exact) mass is 207 g/mol. The predicted octanol–water partition coefficient (Wildman–Crippen LogP) is 2.76. The van der Waals surface area contributed by atoms with E-state index in [0.29, 0.717) is 0 Å². The maximum Gasteiger partial charge on any atom is 0.119 e. The van der Waals surface area contributed by atoms with Crippen LogP contribution in [0, 0.1) is 0 Å². The number of hydrogen-bond acceptors (Lipinski definition) is 2. The molecule has 1 aromatic carbocycles. The standard InChI is InChI=1S/C13H21NO/c1-3-12-6-8-13(9-7-12)15-11(2)5-4-10-14/h6-9,11H,3-5,10,14H2,1-2H3.